The molecule has 1 nitrogen and oxygen atoms in total. The lowest BCUT2D eigenvalue weighted by atomic mass is 9.75. The molecule has 3 atom stereocenters. The van der Waals surface area contributed by atoms with E-state index in [-0.39, 0.29) is 12.4 Å². The Balaban J connectivity index is 3.96. The van der Waals surface area contributed by atoms with E-state index in [9.17, 15) is 0 Å². The zero-order chi connectivity index (χ0) is 10.3. The van der Waals surface area contributed by atoms with E-state index in [1.54, 1.807) is 0 Å². The largest absolute Gasteiger partial charge is 0.396 e. The van der Waals surface area contributed by atoms with Gasteiger partial charge in [-0.25, -0.2) is 0 Å². The number of aliphatic hydroxyl groups is 1. The number of aliphatic hydroxyl groups excluding tert-OH is 1. The Kier molecular flexibility index (Phi) is 7.07. The van der Waals surface area contributed by atoms with Crippen LogP contribution in [0.1, 0.15) is 33.6 Å². The van der Waals surface area contributed by atoms with Crippen LogP contribution in [0.2, 0.25) is 5.82 Å². The molecule has 13 heavy (non-hydrogen) atoms. The van der Waals surface area contributed by atoms with Gasteiger partial charge < -0.3 is 5.11 Å². The maximum absolute atomic E-state index is 9.02. The minimum atomic E-state index is 0.143. The van der Waals surface area contributed by atoms with Crippen LogP contribution in [-0.2, 0) is 0 Å². The molecule has 74 valence electrons. The quantitative estimate of drug-likeness (QED) is 0.492. The van der Waals surface area contributed by atoms with E-state index in [4.69, 9.17) is 13.0 Å². The highest BCUT2D eigenvalue weighted by Gasteiger charge is 2.15. The van der Waals surface area contributed by atoms with E-state index >= 15 is 0 Å². The van der Waals surface area contributed by atoms with E-state index in [1.165, 1.54) is 0 Å². The van der Waals surface area contributed by atoms with Gasteiger partial charge in [0.15, 0.2) is 0 Å². The molecule has 0 amide bonds. The third-order valence-corrected chi connectivity index (χ3v) is 2.63. The van der Waals surface area contributed by atoms with Gasteiger partial charge >= 0.3 is 0 Å². The van der Waals surface area contributed by atoms with Crippen molar-refractivity contribution in [2.45, 2.75) is 39.4 Å². The molecule has 0 saturated heterocycles. The standard InChI is InChI=1S/C11H21BO/c1-4-6-11(12)7-10(5-2)9(3)8-13/h4,6,9-11,13H,5,7-8H2,1-3H3/b6-4-/t9?,10?,11-/m0/s1. The van der Waals surface area contributed by atoms with Crippen LogP contribution in [0.5, 0.6) is 0 Å². The molecule has 0 heterocycles. The van der Waals surface area contributed by atoms with Gasteiger partial charge in [0.1, 0.15) is 0 Å². The lowest BCUT2D eigenvalue weighted by molar-refractivity contribution is 0.179. The van der Waals surface area contributed by atoms with Gasteiger partial charge in [-0.2, -0.15) is 0 Å². The molecule has 0 aliphatic carbocycles. The minimum Gasteiger partial charge on any atom is -0.396 e. The smallest absolute Gasteiger partial charge is 0.0755 e. The Bertz CT molecular complexity index is 145. The van der Waals surface area contributed by atoms with Gasteiger partial charge in [0.05, 0.1) is 7.85 Å². The van der Waals surface area contributed by atoms with Crippen molar-refractivity contribution in [3.05, 3.63) is 12.2 Å². The molecule has 2 radical (unpaired) electrons. The van der Waals surface area contributed by atoms with Crippen molar-refractivity contribution in [2.75, 3.05) is 6.61 Å². The predicted molar refractivity (Wildman–Crippen MR) is 59.0 cm³/mol. The average molecular weight is 180 g/mol. The van der Waals surface area contributed by atoms with Gasteiger partial charge in [0, 0.05) is 6.61 Å². The van der Waals surface area contributed by atoms with Crippen molar-refractivity contribution in [3.63, 3.8) is 0 Å². The molecular formula is C11H21BO. The van der Waals surface area contributed by atoms with Gasteiger partial charge in [-0.05, 0) is 18.8 Å². The fourth-order valence-electron chi connectivity index (χ4n) is 1.63. The molecule has 2 heteroatoms. The van der Waals surface area contributed by atoms with Gasteiger partial charge in [-0.15, -0.1) is 0 Å². The molecule has 0 spiro atoms. The van der Waals surface area contributed by atoms with Crippen LogP contribution in [0.3, 0.4) is 0 Å². The van der Waals surface area contributed by atoms with Crippen LogP contribution in [0.25, 0.3) is 0 Å². The summed E-state index contributed by atoms with van der Waals surface area (Å²) in [5, 5.41) is 9.02. The van der Waals surface area contributed by atoms with Gasteiger partial charge in [-0.3, -0.25) is 0 Å². The molecule has 0 aliphatic rings. The summed E-state index contributed by atoms with van der Waals surface area (Å²) >= 11 is 0. The Morgan fingerprint density at radius 3 is 2.46 bits per heavy atom. The summed E-state index contributed by atoms with van der Waals surface area (Å²) in [6.45, 7) is 6.48. The lowest BCUT2D eigenvalue weighted by Crippen LogP contribution is -2.16. The SMILES string of the molecule is [B][C@@H](/C=C\C)CC(CC)C(C)CO. The molecular weight excluding hydrogens is 159 g/mol. The van der Waals surface area contributed by atoms with Gasteiger partial charge in [0.25, 0.3) is 0 Å². The molecule has 0 bridgehead atoms. The average Bonchev–Trinajstić information content (AvgIpc) is 2.13. The Labute approximate surface area is 83.6 Å². The topological polar surface area (TPSA) is 20.2 Å². The summed E-state index contributed by atoms with van der Waals surface area (Å²) < 4.78 is 0. The van der Waals surface area contributed by atoms with Crippen molar-refractivity contribution in [2.24, 2.45) is 11.8 Å². The van der Waals surface area contributed by atoms with Crippen LogP contribution < -0.4 is 0 Å². The highest BCUT2D eigenvalue weighted by Crippen LogP contribution is 2.25. The molecule has 0 rings (SSSR count). The second-order valence-electron chi connectivity index (χ2n) is 3.75. The van der Waals surface area contributed by atoms with E-state index < -0.39 is 0 Å². The summed E-state index contributed by atoms with van der Waals surface area (Å²) in [7, 11) is 5.88. The molecule has 0 aromatic carbocycles. The highest BCUT2D eigenvalue weighted by atomic mass is 16.3. The molecule has 0 saturated carbocycles. The van der Waals surface area contributed by atoms with Crippen molar-refractivity contribution in [1.29, 1.82) is 0 Å². The van der Waals surface area contributed by atoms with Crippen LogP contribution in [0.15, 0.2) is 12.2 Å². The summed E-state index contributed by atoms with van der Waals surface area (Å²) in [6, 6.07) is 0. The fourth-order valence-corrected chi connectivity index (χ4v) is 1.63. The van der Waals surface area contributed by atoms with Gasteiger partial charge in [0.2, 0.25) is 0 Å². The van der Waals surface area contributed by atoms with Crippen molar-refractivity contribution < 1.29 is 5.11 Å². The monoisotopic (exact) mass is 180 g/mol. The fraction of sp³-hybridized carbons (Fsp3) is 0.818. The summed E-state index contributed by atoms with van der Waals surface area (Å²) in [4.78, 5) is 0. The van der Waals surface area contributed by atoms with Crippen LogP contribution in [0, 0.1) is 11.8 Å². The predicted octanol–water partition coefficient (Wildman–Crippen LogP) is 2.56. The first kappa shape index (κ1) is 12.8. The normalized spacial score (nSPS) is 18.8. The zero-order valence-corrected chi connectivity index (χ0v) is 9.03. The third kappa shape index (κ3) is 5.15. The minimum absolute atomic E-state index is 0.143. The van der Waals surface area contributed by atoms with Crippen LogP contribution in [0.4, 0.5) is 0 Å². The number of hydrogen-bond acceptors (Lipinski definition) is 1. The first-order valence-electron chi connectivity index (χ1n) is 5.14. The number of allylic oxidation sites excluding steroid dienone is 2. The van der Waals surface area contributed by atoms with Gasteiger partial charge in [-0.1, -0.05) is 44.7 Å². The second kappa shape index (κ2) is 7.20. The second-order valence-corrected chi connectivity index (χ2v) is 3.75. The summed E-state index contributed by atoms with van der Waals surface area (Å²) in [5.74, 6) is 1.04. The maximum Gasteiger partial charge on any atom is 0.0755 e. The van der Waals surface area contributed by atoms with E-state index in [2.05, 4.69) is 13.8 Å². The molecule has 0 fully saturated rings. The molecule has 1 N–H and O–H groups in total. The van der Waals surface area contributed by atoms with E-state index in [0.29, 0.717) is 11.8 Å². The van der Waals surface area contributed by atoms with Crippen molar-refractivity contribution >= 4 is 7.85 Å². The van der Waals surface area contributed by atoms with Crippen molar-refractivity contribution in [3.8, 4) is 0 Å². The molecule has 0 aromatic rings. The molecule has 0 aromatic heterocycles. The number of hydrogen-bond donors (Lipinski definition) is 1. The Hall–Kier alpha value is -0.235. The van der Waals surface area contributed by atoms with E-state index in [0.717, 1.165) is 12.8 Å². The lowest BCUT2D eigenvalue weighted by Gasteiger charge is -2.23. The zero-order valence-electron chi connectivity index (χ0n) is 9.03. The molecule has 0 aliphatic heterocycles. The summed E-state index contributed by atoms with van der Waals surface area (Å²) in [6.07, 6.45) is 6.07. The maximum atomic E-state index is 9.02. The van der Waals surface area contributed by atoms with E-state index in [1.807, 2.05) is 19.1 Å². The van der Waals surface area contributed by atoms with Crippen molar-refractivity contribution in [1.82, 2.24) is 0 Å². The Morgan fingerprint density at radius 1 is 1.46 bits per heavy atom. The third-order valence-electron chi connectivity index (χ3n) is 2.63. The highest BCUT2D eigenvalue weighted by molar-refractivity contribution is 6.12. The van der Waals surface area contributed by atoms with Crippen LogP contribution in [-0.4, -0.2) is 19.6 Å². The first-order valence-corrected chi connectivity index (χ1v) is 5.14. The molecule has 2 unspecified atom stereocenters. The summed E-state index contributed by atoms with van der Waals surface area (Å²) in [5.41, 5.74) is 0. The van der Waals surface area contributed by atoms with Crippen LogP contribution >= 0.6 is 0 Å². The Morgan fingerprint density at radius 2 is 2.08 bits per heavy atom. The first-order chi connectivity index (χ1) is 6.15. The number of rotatable bonds is 6.